The van der Waals surface area contributed by atoms with Crippen LogP contribution < -0.4 is 10.1 Å². The first-order valence-electron chi connectivity index (χ1n) is 7.74. The molecule has 1 unspecified atom stereocenters. The summed E-state index contributed by atoms with van der Waals surface area (Å²) in [6.07, 6.45) is 1.03. The predicted molar refractivity (Wildman–Crippen MR) is 90.2 cm³/mol. The molecular weight excluding hydrogens is 258 g/mol. The highest BCUT2D eigenvalue weighted by Crippen LogP contribution is 2.30. The first-order chi connectivity index (χ1) is 10.2. The summed E-state index contributed by atoms with van der Waals surface area (Å²) in [6, 6.07) is 14.9. The Balaban J connectivity index is 2.28. The predicted octanol–water partition coefficient (Wildman–Crippen LogP) is 5.13. The van der Waals surface area contributed by atoms with Gasteiger partial charge in [0, 0.05) is 11.3 Å². The van der Waals surface area contributed by atoms with Crippen molar-refractivity contribution in [3.63, 3.8) is 0 Å². The van der Waals surface area contributed by atoms with Gasteiger partial charge in [0.25, 0.3) is 0 Å². The highest BCUT2D eigenvalue weighted by atomic mass is 16.5. The van der Waals surface area contributed by atoms with Crippen molar-refractivity contribution >= 4 is 5.69 Å². The number of hydrogen-bond donors (Lipinski definition) is 1. The average Bonchev–Trinajstić information content (AvgIpc) is 2.50. The van der Waals surface area contributed by atoms with E-state index in [0.717, 1.165) is 12.2 Å². The summed E-state index contributed by atoms with van der Waals surface area (Å²) < 4.78 is 5.74. The number of anilines is 1. The van der Waals surface area contributed by atoms with Gasteiger partial charge in [0.1, 0.15) is 5.75 Å². The van der Waals surface area contributed by atoms with E-state index in [4.69, 9.17) is 4.74 Å². The largest absolute Gasteiger partial charge is 0.494 e. The molecule has 1 N–H and O–H groups in total. The van der Waals surface area contributed by atoms with Gasteiger partial charge in [-0.3, -0.25) is 0 Å². The molecule has 0 fully saturated rings. The van der Waals surface area contributed by atoms with E-state index in [1.165, 1.54) is 22.4 Å². The second-order valence-electron chi connectivity index (χ2n) is 5.30. The number of benzene rings is 2. The van der Waals surface area contributed by atoms with Gasteiger partial charge in [-0.1, -0.05) is 43.3 Å². The summed E-state index contributed by atoms with van der Waals surface area (Å²) in [5.74, 6) is 0.964. The second kappa shape index (κ2) is 7.16. The molecule has 21 heavy (non-hydrogen) atoms. The number of nitrogens with one attached hydrogen (secondary N) is 1. The molecule has 2 aromatic rings. The Kier molecular flexibility index (Phi) is 5.26. The fourth-order valence-corrected chi connectivity index (χ4v) is 2.65. The maximum absolute atomic E-state index is 5.74. The lowest BCUT2D eigenvalue weighted by molar-refractivity contribution is 0.335. The van der Waals surface area contributed by atoms with Crippen LogP contribution >= 0.6 is 0 Å². The van der Waals surface area contributed by atoms with Gasteiger partial charge in [-0.2, -0.15) is 0 Å². The van der Waals surface area contributed by atoms with Gasteiger partial charge in [0.15, 0.2) is 0 Å². The van der Waals surface area contributed by atoms with E-state index < -0.39 is 0 Å². The summed E-state index contributed by atoms with van der Waals surface area (Å²) in [5, 5.41) is 3.66. The Bertz CT molecular complexity index is 592. The van der Waals surface area contributed by atoms with E-state index in [1.54, 1.807) is 0 Å². The van der Waals surface area contributed by atoms with Crippen molar-refractivity contribution in [2.24, 2.45) is 0 Å². The first-order valence-corrected chi connectivity index (χ1v) is 7.74. The van der Waals surface area contributed by atoms with Gasteiger partial charge in [0.2, 0.25) is 0 Å². The number of aryl methyl sites for hydroxylation is 2. The van der Waals surface area contributed by atoms with Crippen LogP contribution in [-0.2, 0) is 6.42 Å². The Hall–Kier alpha value is -1.96. The zero-order valence-electron chi connectivity index (χ0n) is 13.4. The van der Waals surface area contributed by atoms with Crippen LogP contribution in [0.4, 0.5) is 5.69 Å². The topological polar surface area (TPSA) is 21.3 Å². The smallest absolute Gasteiger partial charge is 0.124 e. The van der Waals surface area contributed by atoms with Gasteiger partial charge in [0.05, 0.1) is 12.6 Å². The third kappa shape index (κ3) is 3.57. The lowest BCUT2D eigenvalue weighted by atomic mass is 10.0. The minimum atomic E-state index is 0.208. The Labute approximate surface area is 128 Å². The minimum absolute atomic E-state index is 0.208. The SMILES string of the molecule is CCOc1ccccc1C(C)Nc1c(C)cccc1CC. The monoisotopic (exact) mass is 283 g/mol. The molecule has 1 atom stereocenters. The third-order valence-electron chi connectivity index (χ3n) is 3.79. The molecule has 2 nitrogen and oxygen atoms in total. The maximum atomic E-state index is 5.74. The molecule has 0 aliphatic carbocycles. The van der Waals surface area contributed by atoms with Crippen molar-refractivity contribution in [3.05, 3.63) is 59.2 Å². The first kappa shape index (κ1) is 15.4. The van der Waals surface area contributed by atoms with Gasteiger partial charge in [-0.05, 0) is 44.4 Å². The molecule has 2 rings (SSSR count). The number of rotatable bonds is 6. The summed E-state index contributed by atoms with van der Waals surface area (Å²) in [5.41, 5.74) is 5.09. The van der Waals surface area contributed by atoms with Crippen molar-refractivity contribution in [2.75, 3.05) is 11.9 Å². The summed E-state index contributed by atoms with van der Waals surface area (Å²) in [6.45, 7) is 9.24. The molecule has 2 aromatic carbocycles. The number of para-hydroxylation sites is 2. The Morgan fingerprint density at radius 2 is 1.81 bits per heavy atom. The van der Waals surface area contributed by atoms with Crippen molar-refractivity contribution < 1.29 is 4.74 Å². The van der Waals surface area contributed by atoms with Gasteiger partial charge in [-0.15, -0.1) is 0 Å². The van der Waals surface area contributed by atoms with Crippen LogP contribution in [0.1, 0.15) is 43.5 Å². The Morgan fingerprint density at radius 3 is 2.52 bits per heavy atom. The molecule has 0 aromatic heterocycles. The molecule has 112 valence electrons. The van der Waals surface area contributed by atoms with Crippen molar-refractivity contribution in [1.29, 1.82) is 0 Å². The molecule has 0 saturated carbocycles. The van der Waals surface area contributed by atoms with E-state index in [2.05, 4.69) is 56.4 Å². The van der Waals surface area contributed by atoms with Crippen molar-refractivity contribution in [3.8, 4) is 5.75 Å². The molecule has 0 aliphatic heterocycles. The fourth-order valence-electron chi connectivity index (χ4n) is 2.65. The minimum Gasteiger partial charge on any atom is -0.494 e. The standard InChI is InChI=1S/C19H25NO/c1-5-16-11-9-10-14(3)19(16)20-15(4)17-12-7-8-13-18(17)21-6-2/h7-13,15,20H,5-6H2,1-4H3. The zero-order chi connectivity index (χ0) is 15.2. The van der Waals surface area contributed by atoms with E-state index >= 15 is 0 Å². The summed E-state index contributed by atoms with van der Waals surface area (Å²) in [7, 11) is 0. The highest BCUT2D eigenvalue weighted by molar-refractivity contribution is 5.59. The molecule has 0 aliphatic rings. The van der Waals surface area contributed by atoms with Crippen LogP contribution in [0.5, 0.6) is 5.75 Å². The van der Waals surface area contributed by atoms with Crippen LogP contribution in [0.25, 0.3) is 0 Å². The second-order valence-corrected chi connectivity index (χ2v) is 5.30. The maximum Gasteiger partial charge on any atom is 0.124 e. The average molecular weight is 283 g/mol. The van der Waals surface area contributed by atoms with Gasteiger partial charge < -0.3 is 10.1 Å². The van der Waals surface area contributed by atoms with Crippen LogP contribution in [0.15, 0.2) is 42.5 Å². The van der Waals surface area contributed by atoms with E-state index in [-0.39, 0.29) is 6.04 Å². The molecule has 0 amide bonds. The van der Waals surface area contributed by atoms with Crippen molar-refractivity contribution in [1.82, 2.24) is 0 Å². The third-order valence-corrected chi connectivity index (χ3v) is 3.79. The van der Waals surface area contributed by atoms with E-state index in [9.17, 15) is 0 Å². The van der Waals surface area contributed by atoms with Crippen LogP contribution in [0, 0.1) is 6.92 Å². The van der Waals surface area contributed by atoms with Crippen LogP contribution in [-0.4, -0.2) is 6.61 Å². The normalized spacial score (nSPS) is 12.0. The molecule has 0 heterocycles. The summed E-state index contributed by atoms with van der Waals surface area (Å²) >= 11 is 0. The lowest BCUT2D eigenvalue weighted by Crippen LogP contribution is -2.11. The highest BCUT2D eigenvalue weighted by Gasteiger charge is 2.13. The van der Waals surface area contributed by atoms with Crippen LogP contribution in [0.3, 0.4) is 0 Å². The zero-order valence-corrected chi connectivity index (χ0v) is 13.4. The quantitative estimate of drug-likeness (QED) is 0.793. The number of ether oxygens (including phenoxy) is 1. The fraction of sp³-hybridized carbons (Fsp3) is 0.368. The summed E-state index contributed by atoms with van der Waals surface area (Å²) in [4.78, 5) is 0. The van der Waals surface area contributed by atoms with Crippen molar-refractivity contribution in [2.45, 2.75) is 40.2 Å². The number of hydrogen-bond acceptors (Lipinski definition) is 2. The molecule has 2 heteroatoms. The molecule has 0 saturated heterocycles. The molecular formula is C19H25NO. The molecule has 0 radical (unpaired) electrons. The van der Waals surface area contributed by atoms with Gasteiger partial charge in [-0.25, -0.2) is 0 Å². The molecule has 0 spiro atoms. The molecule has 0 bridgehead atoms. The van der Waals surface area contributed by atoms with E-state index in [0.29, 0.717) is 6.61 Å². The Morgan fingerprint density at radius 1 is 1.05 bits per heavy atom. The van der Waals surface area contributed by atoms with Gasteiger partial charge >= 0.3 is 0 Å². The lowest BCUT2D eigenvalue weighted by Gasteiger charge is -2.22. The van der Waals surface area contributed by atoms with E-state index in [1.807, 2.05) is 19.1 Å². The van der Waals surface area contributed by atoms with Crippen LogP contribution in [0.2, 0.25) is 0 Å².